The largest absolute Gasteiger partial charge is 0.304 e. The van der Waals surface area contributed by atoms with Crippen LogP contribution < -0.4 is 0 Å². The third-order valence-electron chi connectivity index (χ3n) is 5.30. The molecule has 2 aliphatic rings. The van der Waals surface area contributed by atoms with Crippen molar-refractivity contribution in [3.05, 3.63) is 24.2 Å². The number of hydrogen-bond donors (Lipinski definition) is 2. The van der Waals surface area contributed by atoms with Crippen LogP contribution in [0.2, 0.25) is 0 Å². The number of aromatic nitrogens is 4. The van der Waals surface area contributed by atoms with Crippen LogP contribution in [0.4, 0.5) is 0 Å². The highest BCUT2D eigenvalue weighted by atomic mass is 32.2. The molecule has 126 valence electrons. The van der Waals surface area contributed by atoms with E-state index in [9.17, 15) is 8.42 Å². The van der Waals surface area contributed by atoms with Gasteiger partial charge in [0.1, 0.15) is 0 Å². The number of sulfonamides is 1. The van der Waals surface area contributed by atoms with E-state index in [1.807, 2.05) is 6.07 Å². The van der Waals surface area contributed by atoms with Crippen molar-refractivity contribution in [2.24, 2.45) is 0 Å². The standard InChI is InChI=1S/C16H19N5O2S/c22-24(23,11-1-2-11)21-7-4-10(5-8-21)15-14-12-3-6-17-16(12)18-9-13(14)19-20-15/h3,6,9-11,19-20H,1-2,4-5,7-8H2. The monoisotopic (exact) mass is 345 g/mol. The Labute approximate surface area is 139 Å². The van der Waals surface area contributed by atoms with Gasteiger partial charge in [-0.3, -0.25) is 5.10 Å². The first kappa shape index (κ1) is 14.4. The molecule has 8 heteroatoms. The van der Waals surface area contributed by atoms with Crippen molar-refractivity contribution in [1.29, 1.82) is 0 Å². The molecule has 2 N–H and O–H groups in total. The Balaban J connectivity index is 1.46. The van der Waals surface area contributed by atoms with Gasteiger partial charge in [-0.2, -0.15) is 0 Å². The molecule has 3 aromatic rings. The first-order valence-electron chi connectivity index (χ1n) is 8.43. The molecule has 1 aliphatic heterocycles. The van der Waals surface area contributed by atoms with Gasteiger partial charge in [-0.15, -0.1) is 0 Å². The fourth-order valence-electron chi connectivity index (χ4n) is 3.82. The van der Waals surface area contributed by atoms with Crippen LogP contribution >= 0.6 is 0 Å². The van der Waals surface area contributed by atoms with Gasteiger partial charge in [0.25, 0.3) is 0 Å². The number of H-pyrrole nitrogens is 2. The van der Waals surface area contributed by atoms with Crippen molar-refractivity contribution < 1.29 is 8.42 Å². The summed E-state index contributed by atoms with van der Waals surface area (Å²) in [6, 6.07) is 1.99. The molecule has 0 radical (unpaired) electrons. The average molecular weight is 345 g/mol. The van der Waals surface area contributed by atoms with Crippen molar-refractivity contribution in [1.82, 2.24) is 24.5 Å². The quantitative estimate of drug-likeness (QED) is 0.760. The molecule has 2 fully saturated rings. The molecule has 0 amide bonds. The number of piperidine rings is 1. The van der Waals surface area contributed by atoms with E-state index in [4.69, 9.17) is 0 Å². The molecule has 0 aromatic carbocycles. The summed E-state index contributed by atoms with van der Waals surface area (Å²) in [6.07, 6.45) is 6.91. The molecular formula is C16H19N5O2S. The fourth-order valence-corrected chi connectivity index (χ4v) is 5.70. The Morgan fingerprint density at radius 2 is 1.88 bits per heavy atom. The highest BCUT2D eigenvalue weighted by Gasteiger charge is 2.41. The van der Waals surface area contributed by atoms with Crippen molar-refractivity contribution in [3.63, 3.8) is 0 Å². The van der Waals surface area contributed by atoms with Gasteiger partial charge in [-0.25, -0.2) is 22.7 Å². The number of rotatable bonds is 3. The van der Waals surface area contributed by atoms with E-state index >= 15 is 0 Å². The Morgan fingerprint density at radius 3 is 2.62 bits per heavy atom. The van der Waals surface area contributed by atoms with Crippen molar-refractivity contribution in [3.8, 4) is 0 Å². The van der Waals surface area contributed by atoms with Crippen molar-refractivity contribution in [2.75, 3.05) is 13.1 Å². The Hall–Kier alpha value is -1.93. The van der Waals surface area contributed by atoms with Gasteiger partial charge < -0.3 is 5.10 Å². The number of pyridine rings is 1. The van der Waals surface area contributed by atoms with Crippen LogP contribution in [0.25, 0.3) is 21.9 Å². The van der Waals surface area contributed by atoms with E-state index in [-0.39, 0.29) is 5.25 Å². The van der Waals surface area contributed by atoms with E-state index in [2.05, 4.69) is 20.2 Å². The second-order valence-electron chi connectivity index (χ2n) is 6.81. The maximum Gasteiger partial charge on any atom is 0.216 e. The predicted octanol–water partition coefficient (Wildman–Crippen LogP) is 2.11. The van der Waals surface area contributed by atoms with Gasteiger partial charge >= 0.3 is 0 Å². The topological polar surface area (TPSA) is 94.7 Å². The number of aromatic amines is 2. The summed E-state index contributed by atoms with van der Waals surface area (Å²) in [5.74, 6) is 0.324. The Kier molecular flexibility index (Phi) is 3.02. The lowest BCUT2D eigenvalue weighted by molar-refractivity contribution is 0.317. The minimum atomic E-state index is -3.05. The van der Waals surface area contributed by atoms with Crippen LogP contribution in [-0.4, -0.2) is 51.2 Å². The molecule has 1 saturated carbocycles. The summed E-state index contributed by atoms with van der Waals surface area (Å²) in [4.78, 5) is 8.63. The fraction of sp³-hybridized carbons (Fsp3) is 0.500. The van der Waals surface area contributed by atoms with E-state index in [0.29, 0.717) is 19.0 Å². The maximum absolute atomic E-state index is 12.4. The molecule has 4 heterocycles. The summed E-state index contributed by atoms with van der Waals surface area (Å²) in [5.41, 5.74) is 2.87. The lowest BCUT2D eigenvalue weighted by Crippen LogP contribution is -2.39. The van der Waals surface area contributed by atoms with Crippen LogP contribution in [0.1, 0.15) is 37.3 Å². The van der Waals surface area contributed by atoms with Crippen LogP contribution in [0.3, 0.4) is 0 Å². The third kappa shape index (κ3) is 2.09. The lowest BCUT2D eigenvalue weighted by atomic mass is 9.92. The molecular weight excluding hydrogens is 326 g/mol. The number of nitrogens with one attached hydrogen (secondary N) is 2. The molecule has 0 atom stereocenters. The van der Waals surface area contributed by atoms with Crippen LogP contribution in [-0.2, 0) is 10.0 Å². The first-order valence-corrected chi connectivity index (χ1v) is 9.93. The maximum atomic E-state index is 12.4. The average Bonchev–Trinajstić information content (AvgIpc) is 3.20. The summed E-state index contributed by atoms with van der Waals surface area (Å²) < 4.78 is 26.5. The third-order valence-corrected chi connectivity index (χ3v) is 7.70. The summed E-state index contributed by atoms with van der Waals surface area (Å²) in [5, 5.41) is 8.56. The summed E-state index contributed by atoms with van der Waals surface area (Å²) in [7, 11) is -3.05. The molecule has 24 heavy (non-hydrogen) atoms. The smallest absolute Gasteiger partial charge is 0.216 e. The van der Waals surface area contributed by atoms with Crippen molar-refractivity contribution in [2.45, 2.75) is 36.9 Å². The van der Waals surface area contributed by atoms with Crippen LogP contribution in [0, 0.1) is 0 Å². The van der Waals surface area contributed by atoms with Crippen LogP contribution in [0.15, 0.2) is 18.5 Å². The van der Waals surface area contributed by atoms with Gasteiger partial charge in [0.2, 0.25) is 10.0 Å². The van der Waals surface area contributed by atoms with E-state index in [1.165, 1.54) is 0 Å². The zero-order chi connectivity index (χ0) is 16.3. The summed E-state index contributed by atoms with van der Waals surface area (Å²) >= 11 is 0. The molecule has 0 spiro atoms. The first-order chi connectivity index (χ1) is 11.6. The highest BCUT2D eigenvalue weighted by Crippen LogP contribution is 2.37. The number of fused-ring (bicyclic) bond motifs is 3. The number of nitrogens with zero attached hydrogens (tertiary/aromatic N) is 3. The molecule has 1 aliphatic carbocycles. The molecule has 5 rings (SSSR count). The number of hydrogen-bond acceptors (Lipinski definition) is 4. The van der Waals surface area contributed by atoms with Gasteiger partial charge in [0, 0.05) is 41.7 Å². The van der Waals surface area contributed by atoms with E-state index in [0.717, 1.165) is 53.3 Å². The lowest BCUT2D eigenvalue weighted by Gasteiger charge is -2.31. The minimum absolute atomic E-state index is 0.116. The molecule has 0 bridgehead atoms. The molecule has 0 unspecified atom stereocenters. The highest BCUT2D eigenvalue weighted by molar-refractivity contribution is 7.90. The van der Waals surface area contributed by atoms with Gasteiger partial charge in [-0.05, 0) is 31.7 Å². The van der Waals surface area contributed by atoms with Gasteiger partial charge in [-0.1, -0.05) is 0 Å². The van der Waals surface area contributed by atoms with Gasteiger partial charge in [0.15, 0.2) is 5.65 Å². The predicted molar refractivity (Wildman–Crippen MR) is 91.2 cm³/mol. The molecule has 1 saturated heterocycles. The van der Waals surface area contributed by atoms with Crippen LogP contribution in [0.5, 0.6) is 0 Å². The zero-order valence-corrected chi connectivity index (χ0v) is 14.0. The second kappa shape index (κ2) is 5.03. The minimum Gasteiger partial charge on any atom is -0.304 e. The Bertz CT molecular complexity index is 1010. The second-order valence-corrected chi connectivity index (χ2v) is 9.02. The SMILES string of the molecule is O=S(=O)(C1CC1)N1CCC(c2[nH][nH]c3cnc4nccc4c23)CC1. The zero-order valence-electron chi connectivity index (χ0n) is 13.2. The molecule has 3 aromatic heterocycles. The van der Waals surface area contributed by atoms with Crippen molar-refractivity contribution >= 4 is 32.0 Å². The van der Waals surface area contributed by atoms with Gasteiger partial charge in [0.05, 0.1) is 17.0 Å². The summed E-state index contributed by atoms with van der Waals surface area (Å²) in [6.45, 7) is 1.22. The van der Waals surface area contributed by atoms with E-state index in [1.54, 1.807) is 16.7 Å². The molecule has 7 nitrogen and oxygen atoms in total. The Morgan fingerprint density at radius 1 is 1.08 bits per heavy atom. The van der Waals surface area contributed by atoms with E-state index < -0.39 is 10.0 Å². The normalized spacial score (nSPS) is 21.0.